The average molecular weight is 402 g/mol. The number of para-hydroxylation sites is 1. The van der Waals surface area contributed by atoms with E-state index in [-0.39, 0.29) is 24.0 Å². The van der Waals surface area contributed by atoms with Gasteiger partial charge in [0.25, 0.3) is 0 Å². The summed E-state index contributed by atoms with van der Waals surface area (Å²) in [6, 6.07) is 11.5. The summed E-state index contributed by atoms with van der Waals surface area (Å²) in [5, 5.41) is 10.1. The SMILES string of the molecule is CN=C(NCCOc1ccccc1)NCc1ccon1.I. The summed E-state index contributed by atoms with van der Waals surface area (Å²) in [6.07, 6.45) is 1.54. The summed E-state index contributed by atoms with van der Waals surface area (Å²) in [5.41, 5.74) is 0.827. The van der Waals surface area contributed by atoms with E-state index >= 15 is 0 Å². The first-order valence-electron chi connectivity index (χ1n) is 6.40. The molecule has 0 atom stereocenters. The van der Waals surface area contributed by atoms with Gasteiger partial charge in [-0.1, -0.05) is 23.4 Å². The molecule has 0 radical (unpaired) electrons. The van der Waals surface area contributed by atoms with Crippen LogP contribution in [0.25, 0.3) is 0 Å². The predicted molar refractivity (Wildman–Crippen MR) is 92.1 cm³/mol. The van der Waals surface area contributed by atoms with Crippen molar-refractivity contribution in [3.05, 3.63) is 48.4 Å². The third kappa shape index (κ3) is 6.48. The lowest BCUT2D eigenvalue weighted by Crippen LogP contribution is -2.38. The molecule has 0 fully saturated rings. The first-order chi connectivity index (χ1) is 9.88. The molecule has 0 bridgehead atoms. The number of rotatable bonds is 6. The zero-order chi connectivity index (χ0) is 14.0. The first kappa shape index (κ1) is 17.3. The fraction of sp³-hybridized carbons (Fsp3) is 0.286. The van der Waals surface area contributed by atoms with Crippen LogP contribution in [0.3, 0.4) is 0 Å². The van der Waals surface area contributed by atoms with Crippen molar-refractivity contribution in [2.24, 2.45) is 4.99 Å². The molecule has 0 saturated heterocycles. The van der Waals surface area contributed by atoms with Gasteiger partial charge in [-0.25, -0.2) is 0 Å². The second-order valence-electron chi connectivity index (χ2n) is 4.00. The lowest BCUT2D eigenvalue weighted by atomic mass is 10.3. The second kappa shape index (κ2) is 10.0. The number of hydrogen-bond acceptors (Lipinski definition) is 4. The highest BCUT2D eigenvalue weighted by atomic mass is 127. The molecule has 0 saturated carbocycles. The van der Waals surface area contributed by atoms with Crippen LogP contribution < -0.4 is 15.4 Å². The predicted octanol–water partition coefficient (Wildman–Crippen LogP) is 2.04. The summed E-state index contributed by atoms with van der Waals surface area (Å²) >= 11 is 0. The van der Waals surface area contributed by atoms with Crippen LogP contribution in [0.2, 0.25) is 0 Å². The molecule has 21 heavy (non-hydrogen) atoms. The summed E-state index contributed by atoms with van der Waals surface area (Å²) < 4.78 is 10.3. The third-order valence-electron chi connectivity index (χ3n) is 2.56. The topological polar surface area (TPSA) is 71.7 Å². The second-order valence-corrected chi connectivity index (χ2v) is 4.00. The first-order valence-corrected chi connectivity index (χ1v) is 6.40. The van der Waals surface area contributed by atoms with Gasteiger partial charge in [-0.15, -0.1) is 24.0 Å². The van der Waals surface area contributed by atoms with E-state index in [0.29, 0.717) is 25.7 Å². The Balaban J connectivity index is 0.00000220. The molecule has 6 nitrogen and oxygen atoms in total. The van der Waals surface area contributed by atoms with Crippen LogP contribution in [0.15, 0.2) is 52.2 Å². The highest BCUT2D eigenvalue weighted by Crippen LogP contribution is 2.07. The van der Waals surface area contributed by atoms with E-state index in [1.165, 1.54) is 0 Å². The molecule has 0 amide bonds. The average Bonchev–Trinajstić information content (AvgIpc) is 3.01. The number of aromatic nitrogens is 1. The van der Waals surface area contributed by atoms with Crippen LogP contribution in [0.5, 0.6) is 5.75 Å². The Morgan fingerprint density at radius 2 is 2.05 bits per heavy atom. The van der Waals surface area contributed by atoms with Crippen molar-refractivity contribution in [2.75, 3.05) is 20.2 Å². The van der Waals surface area contributed by atoms with Crippen molar-refractivity contribution in [1.29, 1.82) is 0 Å². The van der Waals surface area contributed by atoms with Crippen molar-refractivity contribution in [1.82, 2.24) is 15.8 Å². The molecular formula is C14H19IN4O2. The number of guanidine groups is 1. The van der Waals surface area contributed by atoms with Gasteiger partial charge >= 0.3 is 0 Å². The molecular weight excluding hydrogens is 383 g/mol. The van der Waals surface area contributed by atoms with E-state index in [9.17, 15) is 0 Å². The molecule has 7 heteroatoms. The quantitative estimate of drug-likeness (QED) is 0.335. The Labute approximate surface area is 141 Å². The van der Waals surface area contributed by atoms with Crippen LogP contribution in [-0.4, -0.2) is 31.3 Å². The maximum absolute atomic E-state index is 5.58. The Hall–Kier alpha value is -1.77. The standard InChI is InChI=1S/C14H18N4O2.HI/c1-15-14(17-11-12-7-9-20-18-12)16-8-10-19-13-5-3-2-4-6-13;/h2-7,9H,8,10-11H2,1H3,(H2,15,16,17);1H. The summed E-state index contributed by atoms with van der Waals surface area (Å²) in [7, 11) is 1.72. The number of halogens is 1. The van der Waals surface area contributed by atoms with Gasteiger partial charge in [-0.05, 0) is 12.1 Å². The molecule has 1 aromatic carbocycles. The van der Waals surface area contributed by atoms with E-state index in [4.69, 9.17) is 9.26 Å². The van der Waals surface area contributed by atoms with Crippen LogP contribution in [0, 0.1) is 0 Å². The number of aliphatic imine (C=N–C) groups is 1. The van der Waals surface area contributed by atoms with Gasteiger partial charge in [-0.2, -0.15) is 0 Å². The minimum atomic E-state index is 0. The fourth-order valence-corrected chi connectivity index (χ4v) is 1.58. The molecule has 2 aromatic rings. The smallest absolute Gasteiger partial charge is 0.191 e. The molecule has 0 spiro atoms. The fourth-order valence-electron chi connectivity index (χ4n) is 1.58. The molecule has 0 unspecified atom stereocenters. The lowest BCUT2D eigenvalue weighted by Gasteiger charge is -2.11. The van der Waals surface area contributed by atoms with Crippen molar-refractivity contribution >= 4 is 29.9 Å². The zero-order valence-corrected chi connectivity index (χ0v) is 14.1. The van der Waals surface area contributed by atoms with Crippen LogP contribution in [-0.2, 0) is 6.54 Å². The lowest BCUT2D eigenvalue weighted by molar-refractivity contribution is 0.322. The van der Waals surface area contributed by atoms with E-state index in [0.717, 1.165) is 11.4 Å². The Morgan fingerprint density at radius 3 is 2.71 bits per heavy atom. The number of hydrogen-bond donors (Lipinski definition) is 2. The molecule has 1 heterocycles. The normalized spacial score (nSPS) is 10.6. The van der Waals surface area contributed by atoms with E-state index in [1.807, 2.05) is 30.3 Å². The maximum Gasteiger partial charge on any atom is 0.191 e. The van der Waals surface area contributed by atoms with E-state index in [1.54, 1.807) is 19.4 Å². The van der Waals surface area contributed by atoms with Crippen LogP contribution in [0.4, 0.5) is 0 Å². The zero-order valence-electron chi connectivity index (χ0n) is 11.8. The number of ether oxygens (including phenoxy) is 1. The molecule has 0 aliphatic carbocycles. The van der Waals surface area contributed by atoms with Crippen molar-refractivity contribution in [2.45, 2.75) is 6.54 Å². The van der Waals surface area contributed by atoms with E-state index < -0.39 is 0 Å². The maximum atomic E-state index is 5.58. The van der Waals surface area contributed by atoms with Gasteiger partial charge in [0.05, 0.1) is 13.1 Å². The largest absolute Gasteiger partial charge is 0.492 e. The van der Waals surface area contributed by atoms with Crippen molar-refractivity contribution < 1.29 is 9.26 Å². The monoisotopic (exact) mass is 402 g/mol. The molecule has 2 rings (SSSR count). The Kier molecular flexibility index (Phi) is 8.25. The number of nitrogens with one attached hydrogen (secondary N) is 2. The number of benzene rings is 1. The van der Waals surface area contributed by atoms with Gasteiger partial charge < -0.3 is 19.9 Å². The van der Waals surface area contributed by atoms with Crippen LogP contribution >= 0.6 is 24.0 Å². The van der Waals surface area contributed by atoms with E-state index in [2.05, 4.69) is 20.8 Å². The molecule has 114 valence electrons. The van der Waals surface area contributed by atoms with Crippen LogP contribution in [0.1, 0.15) is 5.69 Å². The van der Waals surface area contributed by atoms with Gasteiger partial charge in [0, 0.05) is 13.1 Å². The van der Waals surface area contributed by atoms with Gasteiger partial charge in [-0.3, -0.25) is 4.99 Å². The molecule has 2 N–H and O–H groups in total. The minimum Gasteiger partial charge on any atom is -0.492 e. The summed E-state index contributed by atoms with van der Waals surface area (Å²) in [5.74, 6) is 1.56. The number of nitrogens with zero attached hydrogens (tertiary/aromatic N) is 2. The molecule has 0 aliphatic heterocycles. The third-order valence-corrected chi connectivity index (χ3v) is 2.56. The Bertz CT molecular complexity index is 517. The molecule has 1 aromatic heterocycles. The van der Waals surface area contributed by atoms with Gasteiger partial charge in [0.1, 0.15) is 24.3 Å². The van der Waals surface area contributed by atoms with Crippen molar-refractivity contribution in [3.8, 4) is 5.75 Å². The highest BCUT2D eigenvalue weighted by Gasteiger charge is 2.00. The summed E-state index contributed by atoms with van der Waals surface area (Å²) in [6.45, 7) is 1.79. The Morgan fingerprint density at radius 1 is 1.24 bits per heavy atom. The highest BCUT2D eigenvalue weighted by molar-refractivity contribution is 14.0. The minimum absolute atomic E-state index is 0. The summed E-state index contributed by atoms with van der Waals surface area (Å²) in [4.78, 5) is 4.11. The van der Waals surface area contributed by atoms with Crippen molar-refractivity contribution in [3.63, 3.8) is 0 Å². The molecule has 0 aliphatic rings. The van der Waals surface area contributed by atoms with Gasteiger partial charge in [0.15, 0.2) is 5.96 Å². The van der Waals surface area contributed by atoms with Gasteiger partial charge in [0.2, 0.25) is 0 Å².